The summed E-state index contributed by atoms with van der Waals surface area (Å²) in [7, 11) is 2.18. The summed E-state index contributed by atoms with van der Waals surface area (Å²) in [6, 6.07) is 6.58. The molecule has 0 amide bonds. The molecule has 3 heteroatoms. The summed E-state index contributed by atoms with van der Waals surface area (Å²) in [6.45, 7) is 11.1. The number of hydrogen-bond donors (Lipinski definition) is 0. The van der Waals surface area contributed by atoms with Crippen LogP contribution in [0.25, 0.3) is 11.0 Å². The Kier molecular flexibility index (Phi) is 3.25. The van der Waals surface area contributed by atoms with E-state index in [4.69, 9.17) is 4.42 Å². The summed E-state index contributed by atoms with van der Waals surface area (Å²) < 4.78 is 5.74. The van der Waals surface area contributed by atoms with Crippen LogP contribution in [0.1, 0.15) is 26.3 Å². The highest BCUT2D eigenvalue weighted by Gasteiger charge is 2.20. The van der Waals surface area contributed by atoms with Crippen LogP contribution < -0.4 is 4.90 Å². The van der Waals surface area contributed by atoms with Crippen molar-refractivity contribution in [3.05, 3.63) is 30.0 Å². The predicted octanol–water partition coefficient (Wildman–Crippen LogP) is 3.48. The highest BCUT2D eigenvalue weighted by Crippen LogP contribution is 2.33. The van der Waals surface area contributed by atoms with Crippen LogP contribution in [0, 0.1) is 0 Å². The van der Waals surface area contributed by atoms with Crippen LogP contribution in [-0.4, -0.2) is 38.1 Å². The molecule has 0 atom stereocenters. The highest BCUT2D eigenvalue weighted by molar-refractivity contribution is 5.91. The summed E-state index contributed by atoms with van der Waals surface area (Å²) >= 11 is 0. The maximum atomic E-state index is 5.74. The minimum Gasteiger partial charge on any atom is -0.462 e. The summed E-state index contributed by atoms with van der Waals surface area (Å²) in [5.41, 5.74) is 3.78. The van der Waals surface area contributed by atoms with Gasteiger partial charge in [0.15, 0.2) is 0 Å². The molecule has 20 heavy (non-hydrogen) atoms. The van der Waals surface area contributed by atoms with Gasteiger partial charge in [0.25, 0.3) is 0 Å². The Morgan fingerprint density at radius 3 is 2.40 bits per heavy atom. The molecule has 1 aromatic heterocycles. The molecule has 1 aliphatic heterocycles. The molecule has 1 fully saturated rings. The van der Waals surface area contributed by atoms with E-state index in [9.17, 15) is 0 Å². The summed E-state index contributed by atoms with van der Waals surface area (Å²) in [5.74, 6) is 0. The van der Waals surface area contributed by atoms with Crippen LogP contribution in [0.4, 0.5) is 5.69 Å². The molecule has 0 bridgehead atoms. The SMILES string of the molecule is CN1CCN(c2coc3ccc(C(C)(C)C)cc23)CC1. The Bertz CT molecular complexity index is 601. The molecule has 3 rings (SSSR count). The Morgan fingerprint density at radius 1 is 1.05 bits per heavy atom. The fourth-order valence-corrected chi connectivity index (χ4v) is 2.77. The van der Waals surface area contributed by atoms with Gasteiger partial charge in [0.1, 0.15) is 11.8 Å². The van der Waals surface area contributed by atoms with Gasteiger partial charge in [-0.05, 0) is 30.2 Å². The predicted molar refractivity (Wildman–Crippen MR) is 84.6 cm³/mol. The van der Waals surface area contributed by atoms with Gasteiger partial charge < -0.3 is 14.2 Å². The summed E-state index contributed by atoms with van der Waals surface area (Å²) in [4.78, 5) is 4.82. The van der Waals surface area contributed by atoms with Gasteiger partial charge in [-0.2, -0.15) is 0 Å². The molecule has 0 unspecified atom stereocenters. The van der Waals surface area contributed by atoms with E-state index in [0.717, 1.165) is 31.8 Å². The van der Waals surface area contributed by atoms with Gasteiger partial charge in [-0.15, -0.1) is 0 Å². The lowest BCUT2D eigenvalue weighted by molar-refractivity contribution is 0.313. The number of rotatable bonds is 1. The molecule has 0 N–H and O–H groups in total. The lowest BCUT2D eigenvalue weighted by atomic mass is 9.86. The van der Waals surface area contributed by atoms with E-state index in [1.54, 1.807) is 0 Å². The zero-order valence-electron chi connectivity index (χ0n) is 12.9. The smallest absolute Gasteiger partial charge is 0.136 e. The van der Waals surface area contributed by atoms with Gasteiger partial charge in [-0.1, -0.05) is 26.8 Å². The first-order valence-corrected chi connectivity index (χ1v) is 7.40. The molecule has 1 saturated heterocycles. The molecule has 108 valence electrons. The van der Waals surface area contributed by atoms with E-state index in [1.165, 1.54) is 16.6 Å². The molecule has 1 aliphatic rings. The van der Waals surface area contributed by atoms with Crippen molar-refractivity contribution >= 4 is 16.7 Å². The Labute approximate surface area is 121 Å². The van der Waals surface area contributed by atoms with Crippen LogP contribution >= 0.6 is 0 Å². The lowest BCUT2D eigenvalue weighted by Crippen LogP contribution is -2.44. The Hall–Kier alpha value is -1.48. The van der Waals surface area contributed by atoms with Crippen molar-refractivity contribution < 1.29 is 4.42 Å². The van der Waals surface area contributed by atoms with Gasteiger partial charge in [-0.3, -0.25) is 0 Å². The van der Waals surface area contributed by atoms with E-state index >= 15 is 0 Å². The van der Waals surface area contributed by atoms with Crippen molar-refractivity contribution in [2.24, 2.45) is 0 Å². The second-order valence-corrected chi connectivity index (χ2v) is 6.87. The average molecular weight is 272 g/mol. The van der Waals surface area contributed by atoms with E-state index < -0.39 is 0 Å². The zero-order chi connectivity index (χ0) is 14.3. The normalized spacial score (nSPS) is 17.9. The monoisotopic (exact) mass is 272 g/mol. The molecular weight excluding hydrogens is 248 g/mol. The Morgan fingerprint density at radius 2 is 1.75 bits per heavy atom. The van der Waals surface area contributed by atoms with Crippen LogP contribution in [0.5, 0.6) is 0 Å². The lowest BCUT2D eigenvalue weighted by Gasteiger charge is -2.33. The quantitative estimate of drug-likeness (QED) is 0.792. The fraction of sp³-hybridized carbons (Fsp3) is 0.529. The van der Waals surface area contributed by atoms with Crippen molar-refractivity contribution in [1.29, 1.82) is 0 Å². The third kappa shape index (κ3) is 2.42. The first-order valence-electron chi connectivity index (χ1n) is 7.40. The minimum absolute atomic E-state index is 0.171. The summed E-state index contributed by atoms with van der Waals surface area (Å²) in [5, 5.41) is 1.25. The van der Waals surface area contributed by atoms with E-state index in [-0.39, 0.29) is 5.41 Å². The molecule has 0 saturated carbocycles. The van der Waals surface area contributed by atoms with Crippen LogP contribution in [0.3, 0.4) is 0 Å². The maximum Gasteiger partial charge on any atom is 0.136 e. The largest absolute Gasteiger partial charge is 0.462 e. The van der Waals surface area contributed by atoms with Gasteiger partial charge in [-0.25, -0.2) is 0 Å². The maximum absolute atomic E-state index is 5.74. The molecule has 2 aromatic rings. The summed E-state index contributed by atoms with van der Waals surface area (Å²) in [6.07, 6.45) is 1.92. The minimum atomic E-state index is 0.171. The number of hydrogen-bond acceptors (Lipinski definition) is 3. The standard InChI is InChI=1S/C17H24N2O/c1-17(2,3)13-5-6-16-14(11-13)15(12-20-16)19-9-7-18(4)8-10-19/h5-6,11-12H,7-10H2,1-4H3. The number of anilines is 1. The third-order valence-electron chi connectivity index (χ3n) is 4.26. The van der Waals surface area contributed by atoms with Crippen LogP contribution in [0.2, 0.25) is 0 Å². The molecule has 1 aromatic carbocycles. The molecule has 0 spiro atoms. The van der Waals surface area contributed by atoms with Gasteiger partial charge >= 0.3 is 0 Å². The number of furan rings is 1. The second-order valence-electron chi connectivity index (χ2n) is 6.87. The second kappa shape index (κ2) is 4.81. The van der Waals surface area contributed by atoms with Crippen molar-refractivity contribution in [2.45, 2.75) is 26.2 Å². The number of likely N-dealkylation sites (N-methyl/N-ethyl adjacent to an activating group) is 1. The van der Waals surface area contributed by atoms with Crippen molar-refractivity contribution in [3.8, 4) is 0 Å². The number of piperazine rings is 1. The molecule has 0 radical (unpaired) electrons. The van der Waals surface area contributed by atoms with Gasteiger partial charge in [0, 0.05) is 31.6 Å². The number of nitrogens with zero attached hydrogens (tertiary/aromatic N) is 2. The number of fused-ring (bicyclic) bond motifs is 1. The average Bonchev–Trinajstić information content (AvgIpc) is 2.81. The zero-order valence-corrected chi connectivity index (χ0v) is 12.9. The van der Waals surface area contributed by atoms with Crippen molar-refractivity contribution in [2.75, 3.05) is 38.1 Å². The number of benzene rings is 1. The third-order valence-corrected chi connectivity index (χ3v) is 4.26. The van der Waals surface area contributed by atoms with Crippen molar-refractivity contribution in [3.63, 3.8) is 0 Å². The van der Waals surface area contributed by atoms with Gasteiger partial charge in [0.2, 0.25) is 0 Å². The Balaban J connectivity index is 1.99. The van der Waals surface area contributed by atoms with Crippen molar-refractivity contribution in [1.82, 2.24) is 4.90 Å². The molecule has 2 heterocycles. The van der Waals surface area contributed by atoms with E-state index in [0.29, 0.717) is 0 Å². The van der Waals surface area contributed by atoms with Crippen LogP contribution in [0.15, 0.2) is 28.9 Å². The van der Waals surface area contributed by atoms with Gasteiger partial charge in [0.05, 0.1) is 5.69 Å². The van der Waals surface area contributed by atoms with Crippen LogP contribution in [-0.2, 0) is 5.41 Å². The molecule has 0 aliphatic carbocycles. The topological polar surface area (TPSA) is 19.6 Å². The van der Waals surface area contributed by atoms with E-state index in [2.05, 4.69) is 55.8 Å². The molecule has 3 nitrogen and oxygen atoms in total. The highest BCUT2D eigenvalue weighted by atomic mass is 16.3. The molecular formula is C17H24N2O. The first-order chi connectivity index (χ1) is 9.45. The van der Waals surface area contributed by atoms with E-state index in [1.807, 2.05) is 6.26 Å². The first kappa shape index (κ1) is 13.5. The fourth-order valence-electron chi connectivity index (χ4n) is 2.77.